The minimum atomic E-state index is -2.45. The highest BCUT2D eigenvalue weighted by Crippen LogP contribution is 2.13. The fraction of sp³-hybridized carbons (Fsp3) is 1.00. The molecule has 0 aliphatic carbocycles. The molecule has 0 fully saturated rings. The second kappa shape index (κ2) is 20.1. The summed E-state index contributed by atoms with van der Waals surface area (Å²) in [5.41, 5.74) is 2.42. The third-order valence-electron chi connectivity index (χ3n) is 4.26. The van der Waals surface area contributed by atoms with Crippen molar-refractivity contribution in [2.45, 2.75) is 110 Å². The van der Waals surface area contributed by atoms with Gasteiger partial charge in [-0.25, -0.2) is 8.49 Å². The molecule has 0 heterocycles. The lowest BCUT2D eigenvalue weighted by Gasteiger charge is -2.06. The molecule has 0 aromatic heterocycles. The summed E-state index contributed by atoms with van der Waals surface area (Å²) >= 11 is -2.45. The van der Waals surface area contributed by atoms with Crippen LogP contribution >= 0.6 is 0 Å². The first-order valence-electron chi connectivity index (χ1n) is 9.76. The van der Waals surface area contributed by atoms with Crippen LogP contribution in [0, 0.1) is 0 Å². The van der Waals surface area contributed by atoms with Gasteiger partial charge in [-0.1, -0.05) is 103 Å². The summed E-state index contributed by atoms with van der Waals surface area (Å²) in [6.45, 7) is 2.88. The van der Waals surface area contributed by atoms with Crippen molar-refractivity contribution in [3.05, 3.63) is 0 Å². The lowest BCUT2D eigenvalue weighted by atomic mass is 10.0. The van der Waals surface area contributed by atoms with Gasteiger partial charge in [-0.15, -0.1) is 0 Å². The van der Waals surface area contributed by atoms with Gasteiger partial charge in [0.2, 0.25) is 0 Å². The van der Waals surface area contributed by atoms with Crippen molar-refractivity contribution in [3.8, 4) is 0 Å². The number of hydrogen-bond acceptors (Lipinski definition) is 4. The van der Waals surface area contributed by atoms with Crippen LogP contribution < -0.4 is 5.48 Å². The van der Waals surface area contributed by atoms with Gasteiger partial charge < -0.3 is 4.55 Å². The van der Waals surface area contributed by atoms with Crippen LogP contribution in [0.5, 0.6) is 0 Å². The van der Waals surface area contributed by atoms with Gasteiger partial charge in [-0.2, -0.15) is 5.48 Å². The van der Waals surface area contributed by atoms with Gasteiger partial charge in [0.05, 0.1) is 0 Å². The standard InChI is InChI=1S/C18H39NO3S/c1-2-3-4-5-6-7-8-9-10-11-12-13-14-15-16-17-18-19-22-23(20)21/h19H,2-18H2,1H3,(H,20,21)/p-1. The maximum atomic E-state index is 10.1. The molecular weight excluding hydrogens is 310 g/mol. The molecule has 0 aromatic carbocycles. The van der Waals surface area contributed by atoms with E-state index >= 15 is 0 Å². The summed E-state index contributed by atoms with van der Waals surface area (Å²) in [6, 6.07) is 0. The predicted molar refractivity (Wildman–Crippen MR) is 97.6 cm³/mol. The Hall–Kier alpha value is 0.0300. The Labute approximate surface area is 146 Å². The summed E-state index contributed by atoms with van der Waals surface area (Å²) in [5.74, 6) is 0. The predicted octanol–water partition coefficient (Wildman–Crippen LogP) is 5.56. The van der Waals surface area contributed by atoms with E-state index in [2.05, 4.69) is 16.7 Å². The molecule has 1 atom stereocenters. The molecule has 140 valence electrons. The minimum Gasteiger partial charge on any atom is -0.748 e. The van der Waals surface area contributed by atoms with Gasteiger partial charge in [0, 0.05) is 6.54 Å². The third-order valence-corrected chi connectivity index (χ3v) is 4.51. The van der Waals surface area contributed by atoms with E-state index in [1.165, 1.54) is 89.9 Å². The lowest BCUT2D eigenvalue weighted by Crippen LogP contribution is -2.17. The second-order valence-electron chi connectivity index (χ2n) is 6.49. The lowest BCUT2D eigenvalue weighted by molar-refractivity contribution is 0.192. The van der Waals surface area contributed by atoms with Crippen molar-refractivity contribution < 1.29 is 13.0 Å². The number of nitrogens with one attached hydrogen (secondary N) is 1. The normalized spacial score (nSPS) is 12.6. The monoisotopic (exact) mass is 348 g/mol. The van der Waals surface area contributed by atoms with Gasteiger partial charge in [-0.05, 0) is 6.42 Å². The topological polar surface area (TPSA) is 61.4 Å². The zero-order valence-electron chi connectivity index (χ0n) is 15.2. The smallest absolute Gasteiger partial charge is 0.105 e. The van der Waals surface area contributed by atoms with Crippen LogP contribution in [0.15, 0.2) is 0 Å². The van der Waals surface area contributed by atoms with Crippen molar-refractivity contribution in [1.82, 2.24) is 5.48 Å². The van der Waals surface area contributed by atoms with Crippen LogP contribution in [0.3, 0.4) is 0 Å². The van der Waals surface area contributed by atoms with Crippen LogP contribution in [-0.2, 0) is 15.6 Å². The van der Waals surface area contributed by atoms with E-state index in [1.54, 1.807) is 0 Å². The molecule has 1 N–H and O–H groups in total. The summed E-state index contributed by atoms with van der Waals surface area (Å²) in [6.07, 6.45) is 21.5. The number of hydroxylamine groups is 1. The Bertz CT molecular complexity index is 252. The summed E-state index contributed by atoms with van der Waals surface area (Å²) in [5, 5.41) is 0. The molecule has 0 aliphatic heterocycles. The Kier molecular flexibility index (Phi) is 20.1. The maximum Gasteiger partial charge on any atom is 0.105 e. The Morgan fingerprint density at radius 1 is 0.696 bits per heavy atom. The van der Waals surface area contributed by atoms with Crippen molar-refractivity contribution in [3.63, 3.8) is 0 Å². The zero-order valence-corrected chi connectivity index (χ0v) is 16.0. The molecule has 0 radical (unpaired) electrons. The summed E-state index contributed by atoms with van der Waals surface area (Å²) < 4.78 is 24.4. The number of hydrogen-bond donors (Lipinski definition) is 1. The maximum absolute atomic E-state index is 10.1. The average Bonchev–Trinajstić information content (AvgIpc) is 2.53. The van der Waals surface area contributed by atoms with Gasteiger partial charge in [0.1, 0.15) is 11.4 Å². The molecule has 0 bridgehead atoms. The van der Waals surface area contributed by atoms with Crippen LogP contribution in [0.1, 0.15) is 110 Å². The van der Waals surface area contributed by atoms with Crippen molar-refractivity contribution in [1.29, 1.82) is 0 Å². The Morgan fingerprint density at radius 3 is 1.39 bits per heavy atom. The first kappa shape index (κ1) is 23.0. The fourth-order valence-electron chi connectivity index (χ4n) is 2.84. The molecular formula is C18H38NO3S-. The van der Waals surface area contributed by atoms with Gasteiger partial charge in [-0.3, -0.25) is 0 Å². The van der Waals surface area contributed by atoms with Gasteiger partial charge in [0.15, 0.2) is 0 Å². The van der Waals surface area contributed by atoms with Crippen LogP contribution in [0.25, 0.3) is 0 Å². The highest BCUT2D eigenvalue weighted by molar-refractivity contribution is 7.74. The van der Waals surface area contributed by atoms with Crippen molar-refractivity contribution >= 4 is 11.4 Å². The van der Waals surface area contributed by atoms with E-state index < -0.39 is 11.4 Å². The average molecular weight is 349 g/mol. The molecule has 0 aliphatic rings. The second-order valence-corrected chi connectivity index (χ2v) is 7.06. The Morgan fingerprint density at radius 2 is 1.04 bits per heavy atom. The Balaban J connectivity index is 2.96. The number of rotatable bonds is 19. The molecule has 5 heteroatoms. The number of unbranched alkanes of at least 4 members (excludes halogenated alkanes) is 15. The highest BCUT2D eigenvalue weighted by atomic mass is 32.2. The quantitative estimate of drug-likeness (QED) is 0.188. The van der Waals surface area contributed by atoms with E-state index in [4.69, 9.17) is 0 Å². The third kappa shape index (κ3) is 22.0. The first-order valence-corrected chi connectivity index (χ1v) is 10.8. The SMILES string of the molecule is CCCCCCCCCCCCCCCCCCNOS(=O)[O-]. The molecule has 0 aromatic rings. The molecule has 0 saturated carbocycles. The van der Waals surface area contributed by atoms with E-state index in [1.807, 2.05) is 0 Å². The van der Waals surface area contributed by atoms with E-state index in [-0.39, 0.29) is 0 Å². The molecule has 0 amide bonds. The molecule has 0 rings (SSSR count). The summed E-state index contributed by atoms with van der Waals surface area (Å²) in [7, 11) is 0. The molecule has 0 spiro atoms. The fourth-order valence-corrected chi connectivity index (χ4v) is 3.01. The highest BCUT2D eigenvalue weighted by Gasteiger charge is 1.94. The van der Waals surface area contributed by atoms with Crippen LogP contribution in [0.2, 0.25) is 0 Å². The van der Waals surface area contributed by atoms with Crippen LogP contribution in [0.4, 0.5) is 0 Å². The molecule has 4 nitrogen and oxygen atoms in total. The van der Waals surface area contributed by atoms with Crippen molar-refractivity contribution in [2.24, 2.45) is 0 Å². The largest absolute Gasteiger partial charge is 0.748 e. The summed E-state index contributed by atoms with van der Waals surface area (Å²) in [4.78, 5) is 0. The van der Waals surface area contributed by atoms with E-state index in [0.29, 0.717) is 6.54 Å². The van der Waals surface area contributed by atoms with E-state index in [0.717, 1.165) is 12.8 Å². The molecule has 23 heavy (non-hydrogen) atoms. The van der Waals surface area contributed by atoms with Gasteiger partial charge >= 0.3 is 0 Å². The molecule has 1 unspecified atom stereocenters. The van der Waals surface area contributed by atoms with Gasteiger partial charge in [0.25, 0.3) is 0 Å². The molecule has 0 saturated heterocycles. The van der Waals surface area contributed by atoms with Crippen LogP contribution in [-0.4, -0.2) is 15.3 Å². The minimum absolute atomic E-state index is 0.604. The zero-order chi connectivity index (χ0) is 17.0. The first-order chi connectivity index (χ1) is 11.3. The van der Waals surface area contributed by atoms with Crippen molar-refractivity contribution in [2.75, 3.05) is 6.54 Å². The van der Waals surface area contributed by atoms with E-state index in [9.17, 15) is 8.76 Å².